The Kier molecular flexibility index (Phi) is 2.51. The molecule has 0 aliphatic carbocycles. The number of rotatable bonds is 3. The predicted molar refractivity (Wildman–Crippen MR) is 68.2 cm³/mol. The molecule has 0 spiro atoms. The van der Waals surface area contributed by atoms with Gasteiger partial charge >= 0.3 is 0 Å². The van der Waals surface area contributed by atoms with E-state index in [1.165, 1.54) is 11.1 Å². The monoisotopic (exact) mass is 242 g/mol. The van der Waals surface area contributed by atoms with Crippen LogP contribution >= 0.6 is 0 Å². The van der Waals surface area contributed by atoms with Crippen LogP contribution in [0.5, 0.6) is 0 Å². The van der Waals surface area contributed by atoms with Gasteiger partial charge in [-0.2, -0.15) is 5.10 Å². The second kappa shape index (κ2) is 4.18. The number of amides is 1. The molecule has 2 aromatic rings. The van der Waals surface area contributed by atoms with Crippen LogP contribution in [-0.4, -0.2) is 21.1 Å². The van der Waals surface area contributed by atoms with E-state index in [0.717, 1.165) is 17.8 Å². The summed E-state index contributed by atoms with van der Waals surface area (Å²) >= 11 is 0. The van der Waals surface area contributed by atoms with E-state index in [4.69, 9.17) is 0 Å². The topological polar surface area (TPSA) is 50.2 Å². The fourth-order valence-electron chi connectivity index (χ4n) is 2.28. The van der Waals surface area contributed by atoms with Gasteiger partial charge in [-0.1, -0.05) is 12.1 Å². The zero-order valence-corrected chi connectivity index (χ0v) is 10.1. The van der Waals surface area contributed by atoms with Crippen LogP contribution in [0.2, 0.25) is 0 Å². The molecular formula is C13H14N4O. The van der Waals surface area contributed by atoms with Crippen molar-refractivity contribution in [2.75, 3.05) is 5.32 Å². The molecule has 0 saturated carbocycles. The van der Waals surface area contributed by atoms with E-state index in [1.54, 1.807) is 15.8 Å². The van der Waals surface area contributed by atoms with Gasteiger partial charge in [-0.3, -0.25) is 9.48 Å². The predicted octanol–water partition coefficient (Wildman–Crippen LogP) is 1.64. The summed E-state index contributed by atoms with van der Waals surface area (Å²) in [4.78, 5) is 12.6. The smallest absolute Gasteiger partial charge is 0.210 e. The number of carbonyl (C=O) groups excluding carboxylic acids is 1. The highest BCUT2D eigenvalue weighted by Gasteiger charge is 2.20. The highest BCUT2D eigenvalue weighted by atomic mass is 16.1. The van der Waals surface area contributed by atoms with Crippen LogP contribution in [0, 0.1) is 0 Å². The van der Waals surface area contributed by atoms with Crippen LogP contribution in [0.25, 0.3) is 0 Å². The summed E-state index contributed by atoms with van der Waals surface area (Å²) in [6.07, 6.45) is 4.60. The van der Waals surface area contributed by atoms with Gasteiger partial charge in [-0.25, -0.2) is 0 Å². The van der Waals surface area contributed by atoms with Crippen LogP contribution in [0.15, 0.2) is 30.6 Å². The lowest BCUT2D eigenvalue weighted by Gasteiger charge is -2.09. The quantitative estimate of drug-likeness (QED) is 0.832. The van der Waals surface area contributed by atoms with Gasteiger partial charge in [-0.15, -0.1) is 0 Å². The minimum absolute atomic E-state index is 0.669. The van der Waals surface area contributed by atoms with Crippen molar-refractivity contribution in [1.29, 1.82) is 0 Å². The van der Waals surface area contributed by atoms with Crippen molar-refractivity contribution in [2.45, 2.75) is 13.1 Å². The Morgan fingerprint density at radius 2 is 2.28 bits per heavy atom. The third-order valence-electron chi connectivity index (χ3n) is 3.14. The Hall–Kier alpha value is -2.30. The molecule has 3 rings (SSSR count). The first kappa shape index (κ1) is 10.8. The Bertz CT molecular complexity index is 590. The fourth-order valence-corrected chi connectivity index (χ4v) is 2.28. The molecule has 5 nitrogen and oxygen atoms in total. The second-order valence-electron chi connectivity index (χ2n) is 4.48. The van der Waals surface area contributed by atoms with Gasteiger partial charge in [-0.05, 0) is 17.2 Å². The van der Waals surface area contributed by atoms with Gasteiger partial charge in [0.1, 0.15) is 0 Å². The summed E-state index contributed by atoms with van der Waals surface area (Å²) < 4.78 is 1.75. The summed E-state index contributed by atoms with van der Waals surface area (Å²) in [5.74, 6) is 0. The first-order chi connectivity index (χ1) is 8.76. The van der Waals surface area contributed by atoms with Crippen molar-refractivity contribution >= 4 is 17.8 Å². The summed E-state index contributed by atoms with van der Waals surface area (Å²) in [6, 6.07) is 6.10. The standard InChI is InChI=1S/C13H14N4O/c1-16-7-11(5-14-16)15-13-4-2-3-10-6-17(9-18)8-12(10)13/h2-5,7,9,15H,6,8H2,1H3. The normalized spacial score (nSPS) is 13.5. The highest BCUT2D eigenvalue weighted by Crippen LogP contribution is 2.30. The molecule has 1 aliphatic rings. The second-order valence-corrected chi connectivity index (χ2v) is 4.48. The van der Waals surface area contributed by atoms with Crippen molar-refractivity contribution in [3.8, 4) is 0 Å². The molecule has 1 amide bonds. The molecule has 0 radical (unpaired) electrons. The Morgan fingerprint density at radius 1 is 1.39 bits per heavy atom. The number of hydrogen-bond acceptors (Lipinski definition) is 3. The molecule has 1 N–H and O–H groups in total. The van der Waals surface area contributed by atoms with Crippen molar-refractivity contribution < 1.29 is 4.79 Å². The van der Waals surface area contributed by atoms with Gasteiger partial charge < -0.3 is 10.2 Å². The Labute approximate surface area is 105 Å². The molecule has 0 saturated heterocycles. The number of fused-ring (bicyclic) bond motifs is 1. The van der Waals surface area contributed by atoms with E-state index in [9.17, 15) is 4.79 Å². The van der Waals surface area contributed by atoms with Gasteiger partial charge in [0.25, 0.3) is 0 Å². The molecule has 1 aromatic heterocycles. The molecule has 2 heterocycles. The van der Waals surface area contributed by atoms with Crippen LogP contribution in [-0.2, 0) is 24.9 Å². The maximum atomic E-state index is 10.8. The third kappa shape index (κ3) is 1.84. The highest BCUT2D eigenvalue weighted by molar-refractivity contribution is 5.66. The Balaban J connectivity index is 1.90. The maximum absolute atomic E-state index is 10.8. The number of benzene rings is 1. The largest absolute Gasteiger partial charge is 0.353 e. The molecule has 5 heteroatoms. The molecule has 0 fully saturated rings. The number of anilines is 2. The minimum Gasteiger partial charge on any atom is -0.353 e. The lowest BCUT2D eigenvalue weighted by Crippen LogP contribution is -2.12. The van der Waals surface area contributed by atoms with Gasteiger partial charge in [0.2, 0.25) is 6.41 Å². The van der Waals surface area contributed by atoms with Crippen LogP contribution < -0.4 is 5.32 Å². The molecule has 1 aliphatic heterocycles. The minimum atomic E-state index is 0.669. The van der Waals surface area contributed by atoms with Gasteiger partial charge in [0.05, 0.1) is 11.9 Å². The number of aromatic nitrogens is 2. The molecule has 1 aromatic carbocycles. The summed E-state index contributed by atoms with van der Waals surface area (Å²) in [7, 11) is 1.88. The lowest BCUT2D eigenvalue weighted by atomic mass is 10.1. The number of nitrogens with zero attached hydrogens (tertiary/aromatic N) is 3. The van der Waals surface area contributed by atoms with Crippen molar-refractivity contribution in [3.05, 3.63) is 41.7 Å². The van der Waals surface area contributed by atoms with E-state index in [-0.39, 0.29) is 0 Å². The first-order valence-electron chi connectivity index (χ1n) is 5.82. The van der Waals surface area contributed by atoms with Crippen molar-refractivity contribution in [3.63, 3.8) is 0 Å². The van der Waals surface area contributed by atoms with Crippen LogP contribution in [0.4, 0.5) is 11.4 Å². The lowest BCUT2D eigenvalue weighted by molar-refractivity contribution is -0.118. The molecule has 0 atom stereocenters. The van der Waals surface area contributed by atoms with Crippen molar-refractivity contribution in [1.82, 2.24) is 14.7 Å². The first-order valence-corrected chi connectivity index (χ1v) is 5.82. The van der Waals surface area contributed by atoms with Crippen LogP contribution in [0.3, 0.4) is 0 Å². The Morgan fingerprint density at radius 3 is 3.00 bits per heavy atom. The zero-order chi connectivity index (χ0) is 12.5. The molecule has 18 heavy (non-hydrogen) atoms. The number of carbonyl (C=O) groups is 1. The molecule has 92 valence electrons. The molecule has 0 bridgehead atoms. The summed E-state index contributed by atoms with van der Waals surface area (Å²) in [6.45, 7) is 1.36. The summed E-state index contributed by atoms with van der Waals surface area (Å²) in [5, 5.41) is 7.47. The van der Waals surface area contributed by atoms with Gasteiger partial charge in [0, 0.05) is 32.0 Å². The average molecular weight is 242 g/mol. The van der Waals surface area contributed by atoms with Crippen LogP contribution in [0.1, 0.15) is 11.1 Å². The molecule has 0 unspecified atom stereocenters. The zero-order valence-electron chi connectivity index (χ0n) is 10.1. The average Bonchev–Trinajstić information content (AvgIpc) is 2.96. The third-order valence-corrected chi connectivity index (χ3v) is 3.14. The van der Waals surface area contributed by atoms with Gasteiger partial charge in [0.15, 0.2) is 0 Å². The van der Waals surface area contributed by atoms with E-state index in [1.807, 2.05) is 25.4 Å². The fraction of sp³-hybridized carbons (Fsp3) is 0.231. The summed E-state index contributed by atoms with van der Waals surface area (Å²) in [5.41, 5.74) is 4.39. The number of aryl methyl sites for hydroxylation is 1. The van der Waals surface area contributed by atoms with E-state index < -0.39 is 0 Å². The van der Waals surface area contributed by atoms with E-state index in [2.05, 4.69) is 16.5 Å². The van der Waals surface area contributed by atoms with E-state index >= 15 is 0 Å². The SMILES string of the molecule is Cn1cc(Nc2cccc3c2CN(C=O)C3)cn1. The van der Waals surface area contributed by atoms with Crippen molar-refractivity contribution in [2.24, 2.45) is 7.05 Å². The maximum Gasteiger partial charge on any atom is 0.210 e. The van der Waals surface area contributed by atoms with E-state index in [0.29, 0.717) is 13.1 Å². The molecular weight excluding hydrogens is 228 g/mol. The number of hydrogen-bond donors (Lipinski definition) is 1. The number of nitrogens with one attached hydrogen (secondary N) is 1.